The molecule has 0 aromatic carbocycles. The van der Waals surface area contributed by atoms with Crippen molar-refractivity contribution in [2.45, 2.75) is 20.4 Å². The van der Waals surface area contributed by atoms with Gasteiger partial charge in [-0.05, 0) is 18.1 Å². The quantitative estimate of drug-likeness (QED) is 0.778. The van der Waals surface area contributed by atoms with Crippen LogP contribution in [0.15, 0.2) is 12.1 Å². The lowest BCUT2D eigenvalue weighted by Gasteiger charge is -2.23. The van der Waals surface area contributed by atoms with Crippen molar-refractivity contribution in [1.29, 1.82) is 0 Å². The van der Waals surface area contributed by atoms with Crippen molar-refractivity contribution in [2.24, 2.45) is 11.7 Å². The molecule has 0 saturated carbocycles. The molecule has 0 bridgehead atoms. The second-order valence-corrected chi connectivity index (χ2v) is 6.06. The van der Waals surface area contributed by atoms with E-state index in [9.17, 15) is 0 Å². The van der Waals surface area contributed by atoms with E-state index in [-0.39, 0.29) is 0 Å². The molecule has 1 aromatic heterocycles. The topological polar surface area (TPSA) is 38.5 Å². The molecule has 1 rings (SSSR count). The Morgan fingerprint density at radius 2 is 2.21 bits per heavy atom. The number of hydrogen-bond acceptors (Lipinski definition) is 4. The third kappa shape index (κ3) is 6.74. The lowest BCUT2D eigenvalue weighted by Crippen LogP contribution is -2.30. The first kappa shape index (κ1) is 16.2. The standard InChI is InChI=1S/C15H24N2OS/c1-13(2)11-17(9-10-18-3)12-15-7-6-14(19-15)5-4-8-16/h6-7,13H,8-12,16H2,1-3H3. The van der Waals surface area contributed by atoms with Gasteiger partial charge in [0.1, 0.15) is 0 Å². The average Bonchev–Trinajstić information content (AvgIpc) is 2.80. The van der Waals surface area contributed by atoms with Crippen LogP contribution >= 0.6 is 11.3 Å². The summed E-state index contributed by atoms with van der Waals surface area (Å²) in [6.07, 6.45) is 0. The molecule has 0 spiro atoms. The highest BCUT2D eigenvalue weighted by molar-refractivity contribution is 7.12. The van der Waals surface area contributed by atoms with E-state index in [1.165, 1.54) is 4.88 Å². The van der Waals surface area contributed by atoms with Crippen LogP contribution in [0.1, 0.15) is 23.6 Å². The molecule has 2 N–H and O–H groups in total. The molecule has 0 aliphatic rings. The van der Waals surface area contributed by atoms with Crippen LogP contribution in [0.5, 0.6) is 0 Å². The molecule has 4 heteroatoms. The second kappa shape index (κ2) is 9.11. The Labute approximate surface area is 120 Å². The summed E-state index contributed by atoms with van der Waals surface area (Å²) in [5.74, 6) is 6.63. The number of methoxy groups -OCH3 is 1. The summed E-state index contributed by atoms with van der Waals surface area (Å²) in [5.41, 5.74) is 5.38. The molecule has 0 atom stereocenters. The normalized spacial score (nSPS) is 10.8. The van der Waals surface area contributed by atoms with Gasteiger partial charge in [0.15, 0.2) is 0 Å². The van der Waals surface area contributed by atoms with Crippen molar-refractivity contribution in [3.63, 3.8) is 0 Å². The number of thiophene rings is 1. The average molecular weight is 280 g/mol. The summed E-state index contributed by atoms with van der Waals surface area (Å²) in [6.45, 7) is 8.70. The van der Waals surface area contributed by atoms with Crippen molar-refractivity contribution >= 4 is 11.3 Å². The summed E-state index contributed by atoms with van der Waals surface area (Å²) in [5, 5.41) is 0. The Hall–Kier alpha value is -0.860. The van der Waals surface area contributed by atoms with Crippen molar-refractivity contribution in [3.05, 3.63) is 21.9 Å². The zero-order valence-corrected chi connectivity index (χ0v) is 12.9. The summed E-state index contributed by atoms with van der Waals surface area (Å²) in [4.78, 5) is 4.87. The predicted octanol–water partition coefficient (Wildman–Crippen LogP) is 2.16. The predicted molar refractivity (Wildman–Crippen MR) is 82.2 cm³/mol. The first-order chi connectivity index (χ1) is 9.15. The van der Waals surface area contributed by atoms with Gasteiger partial charge in [-0.3, -0.25) is 4.90 Å². The van der Waals surface area contributed by atoms with Crippen LogP contribution in [0.3, 0.4) is 0 Å². The zero-order chi connectivity index (χ0) is 14.1. The van der Waals surface area contributed by atoms with Gasteiger partial charge < -0.3 is 10.5 Å². The molecule has 0 fully saturated rings. The number of hydrogen-bond donors (Lipinski definition) is 1. The van der Waals surface area contributed by atoms with Crippen molar-refractivity contribution < 1.29 is 4.74 Å². The Kier molecular flexibility index (Phi) is 7.76. The third-order valence-corrected chi connectivity index (χ3v) is 3.58. The maximum Gasteiger partial charge on any atom is 0.0772 e. The van der Waals surface area contributed by atoms with Crippen molar-refractivity contribution in [3.8, 4) is 11.8 Å². The molecule has 3 nitrogen and oxygen atoms in total. The first-order valence-corrected chi connectivity index (χ1v) is 7.46. The minimum atomic E-state index is 0.417. The molecule has 0 unspecified atom stereocenters. The monoisotopic (exact) mass is 280 g/mol. The minimum absolute atomic E-state index is 0.417. The van der Waals surface area contributed by atoms with Gasteiger partial charge in [0.25, 0.3) is 0 Å². The lowest BCUT2D eigenvalue weighted by atomic mass is 10.2. The van der Waals surface area contributed by atoms with Gasteiger partial charge in [-0.25, -0.2) is 0 Å². The van der Waals surface area contributed by atoms with Crippen LogP contribution in [-0.2, 0) is 11.3 Å². The van der Waals surface area contributed by atoms with Gasteiger partial charge in [0.05, 0.1) is 18.0 Å². The first-order valence-electron chi connectivity index (χ1n) is 6.64. The molecule has 0 aliphatic heterocycles. The zero-order valence-electron chi connectivity index (χ0n) is 12.1. The van der Waals surface area contributed by atoms with Crippen LogP contribution in [0.25, 0.3) is 0 Å². The fourth-order valence-electron chi connectivity index (χ4n) is 1.86. The summed E-state index contributed by atoms with van der Waals surface area (Å²) >= 11 is 1.75. The fraction of sp³-hybridized carbons (Fsp3) is 0.600. The highest BCUT2D eigenvalue weighted by Gasteiger charge is 2.09. The maximum atomic E-state index is 5.38. The number of nitrogens with zero attached hydrogens (tertiary/aromatic N) is 1. The number of nitrogens with two attached hydrogens (primary N) is 1. The van der Waals surface area contributed by atoms with Gasteiger partial charge in [-0.1, -0.05) is 25.7 Å². The molecule has 106 valence electrons. The van der Waals surface area contributed by atoms with Crippen LogP contribution in [0, 0.1) is 17.8 Å². The van der Waals surface area contributed by atoms with Gasteiger partial charge in [0.2, 0.25) is 0 Å². The van der Waals surface area contributed by atoms with E-state index in [4.69, 9.17) is 10.5 Å². The van der Waals surface area contributed by atoms with E-state index >= 15 is 0 Å². The highest BCUT2D eigenvalue weighted by atomic mass is 32.1. The number of ether oxygens (including phenoxy) is 1. The van der Waals surface area contributed by atoms with Gasteiger partial charge in [-0.2, -0.15) is 0 Å². The van der Waals surface area contributed by atoms with Crippen LogP contribution in [0.2, 0.25) is 0 Å². The van der Waals surface area contributed by atoms with E-state index in [1.54, 1.807) is 18.4 Å². The lowest BCUT2D eigenvalue weighted by molar-refractivity contribution is 0.136. The molecule has 19 heavy (non-hydrogen) atoms. The smallest absolute Gasteiger partial charge is 0.0772 e. The molecule has 0 aliphatic carbocycles. The maximum absolute atomic E-state index is 5.38. The number of rotatable bonds is 7. The van der Waals surface area contributed by atoms with Gasteiger partial charge >= 0.3 is 0 Å². The molecular weight excluding hydrogens is 256 g/mol. The summed E-state index contributed by atoms with van der Waals surface area (Å²) in [6, 6.07) is 4.23. The third-order valence-electron chi connectivity index (χ3n) is 2.59. The fourth-order valence-corrected chi connectivity index (χ4v) is 2.79. The summed E-state index contributed by atoms with van der Waals surface area (Å²) in [7, 11) is 1.75. The van der Waals surface area contributed by atoms with Gasteiger partial charge in [-0.15, -0.1) is 11.3 Å². The Balaban J connectivity index is 2.59. The largest absolute Gasteiger partial charge is 0.383 e. The molecule has 1 aromatic rings. The van der Waals surface area contributed by atoms with E-state index < -0.39 is 0 Å². The summed E-state index contributed by atoms with van der Waals surface area (Å²) < 4.78 is 5.18. The van der Waals surface area contributed by atoms with E-state index in [0.717, 1.165) is 31.1 Å². The molecule has 1 heterocycles. The van der Waals surface area contributed by atoms with E-state index in [2.05, 4.69) is 42.7 Å². The molecule has 0 radical (unpaired) electrons. The van der Waals surface area contributed by atoms with E-state index in [0.29, 0.717) is 12.5 Å². The SMILES string of the molecule is COCCN(Cc1ccc(C#CCN)s1)CC(C)C. The van der Waals surface area contributed by atoms with Gasteiger partial charge in [0, 0.05) is 31.6 Å². The highest BCUT2D eigenvalue weighted by Crippen LogP contribution is 2.18. The van der Waals surface area contributed by atoms with Crippen molar-refractivity contribution in [1.82, 2.24) is 4.90 Å². The van der Waals surface area contributed by atoms with E-state index in [1.807, 2.05) is 0 Å². The molecule has 0 saturated heterocycles. The van der Waals surface area contributed by atoms with Crippen LogP contribution in [-0.4, -0.2) is 38.3 Å². The van der Waals surface area contributed by atoms with Crippen LogP contribution < -0.4 is 5.73 Å². The molecule has 0 amide bonds. The van der Waals surface area contributed by atoms with Crippen molar-refractivity contribution in [2.75, 3.05) is 33.4 Å². The second-order valence-electron chi connectivity index (χ2n) is 4.89. The Morgan fingerprint density at radius 1 is 1.42 bits per heavy atom. The Bertz CT molecular complexity index is 417. The Morgan fingerprint density at radius 3 is 2.84 bits per heavy atom. The minimum Gasteiger partial charge on any atom is -0.383 e. The van der Waals surface area contributed by atoms with Crippen LogP contribution in [0.4, 0.5) is 0 Å². The molecular formula is C15H24N2OS.